The molecular weight excluding hydrogens is 279 g/mol. The molecule has 20 heavy (non-hydrogen) atoms. The number of halogens is 2. The van der Waals surface area contributed by atoms with Crippen molar-refractivity contribution in [3.8, 4) is 0 Å². The summed E-state index contributed by atoms with van der Waals surface area (Å²) in [6.45, 7) is 3.54. The van der Waals surface area contributed by atoms with Crippen LogP contribution in [-0.2, 0) is 11.2 Å². The molecule has 2 N–H and O–H groups in total. The molecule has 1 amide bonds. The first-order valence-electron chi connectivity index (χ1n) is 6.91. The zero-order valence-electron chi connectivity index (χ0n) is 11.7. The number of rotatable bonds is 5. The standard InChI is InChI=1S/C15H21FN2O.ClH/c1-11(9-12-5-2-3-7-14(12)16)15(19)18-10-13-6-4-8-17-13;/h2-3,5,7,11,13,17H,4,6,8-10H2,1H3,(H,18,19);1H. The van der Waals surface area contributed by atoms with E-state index in [0.29, 0.717) is 24.6 Å². The molecule has 0 aliphatic carbocycles. The van der Waals surface area contributed by atoms with Gasteiger partial charge < -0.3 is 10.6 Å². The van der Waals surface area contributed by atoms with Crippen LogP contribution >= 0.6 is 12.4 Å². The SMILES string of the molecule is CC(Cc1ccccc1F)C(=O)NCC1CCCN1.Cl. The molecule has 112 valence electrons. The normalized spacial score (nSPS) is 19.2. The van der Waals surface area contributed by atoms with Crippen LogP contribution in [0.4, 0.5) is 4.39 Å². The van der Waals surface area contributed by atoms with Gasteiger partial charge in [-0.1, -0.05) is 25.1 Å². The number of hydrogen-bond donors (Lipinski definition) is 2. The van der Waals surface area contributed by atoms with Gasteiger partial charge in [0.1, 0.15) is 5.82 Å². The van der Waals surface area contributed by atoms with Crippen LogP contribution in [-0.4, -0.2) is 25.0 Å². The third-order valence-corrected chi connectivity index (χ3v) is 3.62. The Balaban J connectivity index is 0.00000200. The van der Waals surface area contributed by atoms with Crippen molar-refractivity contribution in [3.63, 3.8) is 0 Å². The van der Waals surface area contributed by atoms with Crippen LogP contribution in [0.1, 0.15) is 25.3 Å². The lowest BCUT2D eigenvalue weighted by molar-refractivity contribution is -0.124. The molecule has 1 heterocycles. The summed E-state index contributed by atoms with van der Waals surface area (Å²) in [7, 11) is 0. The smallest absolute Gasteiger partial charge is 0.223 e. The van der Waals surface area contributed by atoms with Crippen LogP contribution in [0.25, 0.3) is 0 Å². The van der Waals surface area contributed by atoms with Gasteiger partial charge in [-0.3, -0.25) is 4.79 Å². The molecule has 0 saturated carbocycles. The Kier molecular flexibility index (Phi) is 6.96. The fourth-order valence-electron chi connectivity index (χ4n) is 2.42. The molecule has 1 aliphatic rings. The van der Waals surface area contributed by atoms with E-state index >= 15 is 0 Å². The van der Waals surface area contributed by atoms with Crippen molar-refractivity contribution >= 4 is 18.3 Å². The Morgan fingerprint density at radius 2 is 2.25 bits per heavy atom. The monoisotopic (exact) mass is 300 g/mol. The Hall–Kier alpha value is -1.13. The van der Waals surface area contributed by atoms with Crippen molar-refractivity contribution in [2.24, 2.45) is 5.92 Å². The average Bonchev–Trinajstić information content (AvgIpc) is 2.91. The number of hydrogen-bond acceptors (Lipinski definition) is 2. The maximum absolute atomic E-state index is 13.5. The molecule has 1 aromatic carbocycles. The second-order valence-electron chi connectivity index (χ2n) is 5.24. The van der Waals surface area contributed by atoms with Gasteiger partial charge in [-0.15, -0.1) is 12.4 Å². The lowest BCUT2D eigenvalue weighted by Crippen LogP contribution is -2.39. The van der Waals surface area contributed by atoms with Gasteiger partial charge in [0.25, 0.3) is 0 Å². The van der Waals surface area contributed by atoms with Gasteiger partial charge in [-0.05, 0) is 37.4 Å². The molecule has 1 aromatic rings. The molecule has 2 unspecified atom stereocenters. The zero-order chi connectivity index (χ0) is 13.7. The van der Waals surface area contributed by atoms with Gasteiger partial charge >= 0.3 is 0 Å². The van der Waals surface area contributed by atoms with Gasteiger partial charge in [-0.2, -0.15) is 0 Å². The summed E-state index contributed by atoms with van der Waals surface area (Å²) in [5, 5.41) is 6.28. The molecule has 2 atom stereocenters. The van der Waals surface area contributed by atoms with Crippen molar-refractivity contribution < 1.29 is 9.18 Å². The summed E-state index contributed by atoms with van der Waals surface area (Å²) in [4.78, 5) is 12.0. The lowest BCUT2D eigenvalue weighted by atomic mass is 10.00. The van der Waals surface area contributed by atoms with Crippen molar-refractivity contribution in [2.45, 2.75) is 32.2 Å². The summed E-state index contributed by atoms with van der Waals surface area (Å²) in [5.74, 6) is -0.449. The first-order valence-corrected chi connectivity index (χ1v) is 6.91. The highest BCUT2D eigenvalue weighted by Crippen LogP contribution is 2.13. The van der Waals surface area contributed by atoms with Crippen LogP contribution in [0.3, 0.4) is 0 Å². The van der Waals surface area contributed by atoms with E-state index in [1.54, 1.807) is 18.2 Å². The molecule has 0 bridgehead atoms. The van der Waals surface area contributed by atoms with E-state index in [1.807, 2.05) is 6.92 Å². The third-order valence-electron chi connectivity index (χ3n) is 3.62. The van der Waals surface area contributed by atoms with Crippen LogP contribution in [0.2, 0.25) is 0 Å². The van der Waals surface area contributed by atoms with Gasteiger partial charge in [0.2, 0.25) is 5.91 Å². The fourth-order valence-corrected chi connectivity index (χ4v) is 2.42. The maximum atomic E-state index is 13.5. The molecular formula is C15H22ClFN2O. The molecule has 5 heteroatoms. The summed E-state index contributed by atoms with van der Waals surface area (Å²) in [5.41, 5.74) is 0.601. The second kappa shape index (κ2) is 8.22. The Morgan fingerprint density at radius 3 is 2.90 bits per heavy atom. The van der Waals surface area contributed by atoms with E-state index in [0.717, 1.165) is 13.0 Å². The topological polar surface area (TPSA) is 41.1 Å². The van der Waals surface area contributed by atoms with Crippen LogP contribution < -0.4 is 10.6 Å². The number of benzene rings is 1. The van der Waals surface area contributed by atoms with Crippen LogP contribution in [0.15, 0.2) is 24.3 Å². The average molecular weight is 301 g/mol. The predicted octanol–water partition coefficient (Wildman–Crippen LogP) is 2.29. The van der Waals surface area contributed by atoms with Crippen LogP contribution in [0, 0.1) is 11.7 Å². The summed E-state index contributed by atoms with van der Waals surface area (Å²) in [6.07, 6.45) is 2.73. The minimum absolute atomic E-state index is 0. The predicted molar refractivity (Wildman–Crippen MR) is 80.6 cm³/mol. The minimum atomic E-state index is -0.236. The van der Waals surface area contributed by atoms with E-state index < -0.39 is 0 Å². The lowest BCUT2D eigenvalue weighted by Gasteiger charge is -2.15. The van der Waals surface area contributed by atoms with Gasteiger partial charge in [0.05, 0.1) is 0 Å². The number of carbonyl (C=O) groups excluding carboxylic acids is 1. The van der Waals surface area contributed by atoms with E-state index in [-0.39, 0.29) is 30.0 Å². The zero-order valence-corrected chi connectivity index (χ0v) is 12.5. The largest absolute Gasteiger partial charge is 0.354 e. The Bertz CT molecular complexity index is 436. The molecule has 1 saturated heterocycles. The highest BCUT2D eigenvalue weighted by molar-refractivity contribution is 5.85. The molecule has 0 radical (unpaired) electrons. The number of amides is 1. The Morgan fingerprint density at radius 1 is 1.50 bits per heavy atom. The van der Waals surface area contributed by atoms with E-state index in [1.165, 1.54) is 12.5 Å². The molecule has 2 rings (SSSR count). The fraction of sp³-hybridized carbons (Fsp3) is 0.533. The van der Waals surface area contributed by atoms with E-state index in [4.69, 9.17) is 0 Å². The first kappa shape index (κ1) is 16.9. The van der Waals surface area contributed by atoms with Gasteiger partial charge in [0, 0.05) is 18.5 Å². The van der Waals surface area contributed by atoms with E-state index in [2.05, 4.69) is 10.6 Å². The van der Waals surface area contributed by atoms with Gasteiger partial charge in [-0.25, -0.2) is 4.39 Å². The third kappa shape index (κ3) is 4.76. The van der Waals surface area contributed by atoms with Gasteiger partial charge in [0.15, 0.2) is 0 Å². The van der Waals surface area contributed by atoms with Crippen molar-refractivity contribution in [1.29, 1.82) is 0 Å². The summed E-state index contributed by atoms with van der Waals surface area (Å²) in [6, 6.07) is 7.02. The first-order chi connectivity index (χ1) is 9.16. The minimum Gasteiger partial charge on any atom is -0.354 e. The molecule has 1 fully saturated rings. The molecule has 0 aromatic heterocycles. The second-order valence-corrected chi connectivity index (χ2v) is 5.24. The molecule has 1 aliphatic heterocycles. The van der Waals surface area contributed by atoms with Crippen molar-refractivity contribution in [1.82, 2.24) is 10.6 Å². The number of nitrogens with one attached hydrogen (secondary N) is 2. The summed E-state index contributed by atoms with van der Waals surface area (Å²) >= 11 is 0. The van der Waals surface area contributed by atoms with Crippen LogP contribution in [0.5, 0.6) is 0 Å². The molecule has 3 nitrogen and oxygen atoms in total. The Labute approximate surface area is 125 Å². The maximum Gasteiger partial charge on any atom is 0.223 e. The summed E-state index contributed by atoms with van der Waals surface area (Å²) < 4.78 is 13.5. The highest BCUT2D eigenvalue weighted by atomic mass is 35.5. The quantitative estimate of drug-likeness (QED) is 0.876. The van der Waals surface area contributed by atoms with E-state index in [9.17, 15) is 9.18 Å². The molecule has 0 spiro atoms. The number of carbonyl (C=O) groups is 1. The highest BCUT2D eigenvalue weighted by Gasteiger charge is 2.18. The van der Waals surface area contributed by atoms with Crippen molar-refractivity contribution in [2.75, 3.05) is 13.1 Å². The van der Waals surface area contributed by atoms with Crippen molar-refractivity contribution in [3.05, 3.63) is 35.6 Å².